The maximum Gasteiger partial charge on any atom is 0.0710 e. The van der Waals surface area contributed by atoms with Crippen LogP contribution in [0.15, 0.2) is 18.3 Å². The van der Waals surface area contributed by atoms with Crippen molar-refractivity contribution in [1.29, 1.82) is 0 Å². The zero-order chi connectivity index (χ0) is 14.6. The van der Waals surface area contributed by atoms with Crippen LogP contribution in [0.5, 0.6) is 0 Å². The van der Waals surface area contributed by atoms with E-state index in [2.05, 4.69) is 48.1 Å². The Hall–Kier alpha value is -0.970. The fourth-order valence-electron chi connectivity index (χ4n) is 2.38. The minimum absolute atomic E-state index is 0.142. The molecule has 0 radical (unpaired) electrons. The van der Waals surface area contributed by atoms with Gasteiger partial charge in [-0.25, -0.2) is 0 Å². The van der Waals surface area contributed by atoms with Gasteiger partial charge in [-0.1, -0.05) is 6.07 Å². The first kappa shape index (κ1) is 15.4. The summed E-state index contributed by atoms with van der Waals surface area (Å²) >= 11 is 0. The first-order chi connectivity index (χ1) is 9.46. The quantitative estimate of drug-likeness (QED) is 0.895. The monoisotopic (exact) mass is 277 g/mol. The number of hydrogen-bond acceptors (Lipinski definition) is 4. The van der Waals surface area contributed by atoms with Gasteiger partial charge in [0.05, 0.1) is 11.8 Å². The van der Waals surface area contributed by atoms with Crippen molar-refractivity contribution in [3.05, 3.63) is 29.6 Å². The topological polar surface area (TPSA) is 37.4 Å². The van der Waals surface area contributed by atoms with Crippen LogP contribution in [0, 0.1) is 0 Å². The van der Waals surface area contributed by atoms with E-state index in [0.717, 1.165) is 38.3 Å². The number of aromatic nitrogens is 1. The molecule has 0 aliphatic carbocycles. The summed E-state index contributed by atoms with van der Waals surface area (Å²) in [5.41, 5.74) is 2.52. The molecule has 2 heterocycles. The maximum absolute atomic E-state index is 5.39. The lowest BCUT2D eigenvalue weighted by molar-refractivity contribution is 0.107. The van der Waals surface area contributed by atoms with Crippen LogP contribution in [-0.4, -0.2) is 41.7 Å². The van der Waals surface area contributed by atoms with Crippen molar-refractivity contribution in [3.63, 3.8) is 0 Å². The number of rotatable bonds is 5. The summed E-state index contributed by atoms with van der Waals surface area (Å²) in [6.07, 6.45) is 3.51. The summed E-state index contributed by atoms with van der Waals surface area (Å²) in [6.45, 7) is 10.4. The lowest BCUT2D eigenvalue weighted by Gasteiger charge is -2.20. The first-order valence-electron chi connectivity index (χ1n) is 7.40. The highest BCUT2D eigenvalue weighted by Crippen LogP contribution is 2.14. The summed E-state index contributed by atoms with van der Waals surface area (Å²) in [4.78, 5) is 6.98. The molecule has 2 rings (SSSR count). The van der Waals surface area contributed by atoms with Crippen LogP contribution in [0.3, 0.4) is 0 Å². The molecule has 4 heteroatoms. The van der Waals surface area contributed by atoms with Crippen molar-refractivity contribution in [3.8, 4) is 0 Å². The number of ether oxygens (including phenoxy) is 1. The van der Waals surface area contributed by atoms with Gasteiger partial charge >= 0.3 is 0 Å². The highest BCUT2D eigenvalue weighted by Gasteiger charge is 2.22. The fourth-order valence-corrected chi connectivity index (χ4v) is 2.38. The second kappa shape index (κ2) is 6.66. The number of hydrogen-bond donors (Lipinski definition) is 1. The zero-order valence-electron chi connectivity index (χ0n) is 13.1. The molecule has 4 nitrogen and oxygen atoms in total. The molecule has 1 unspecified atom stereocenters. The normalized spacial score (nSPS) is 20.5. The Bertz CT molecular complexity index is 411. The summed E-state index contributed by atoms with van der Waals surface area (Å²) in [5, 5.41) is 3.48. The second-order valence-corrected chi connectivity index (χ2v) is 6.64. The second-order valence-electron chi connectivity index (χ2n) is 6.64. The Morgan fingerprint density at radius 3 is 2.75 bits per heavy atom. The van der Waals surface area contributed by atoms with Crippen LogP contribution in [-0.2, 0) is 17.8 Å². The zero-order valence-corrected chi connectivity index (χ0v) is 13.1. The van der Waals surface area contributed by atoms with Gasteiger partial charge in [0.15, 0.2) is 0 Å². The van der Waals surface area contributed by atoms with E-state index in [1.165, 1.54) is 5.56 Å². The van der Waals surface area contributed by atoms with E-state index in [1.807, 2.05) is 6.20 Å². The number of nitrogens with one attached hydrogen (secondary N) is 1. The molecule has 0 saturated carbocycles. The largest absolute Gasteiger partial charge is 0.380 e. The molecule has 0 aromatic carbocycles. The average molecular weight is 277 g/mol. The van der Waals surface area contributed by atoms with E-state index in [9.17, 15) is 0 Å². The minimum atomic E-state index is 0.142. The SMILES string of the molecule is COC1CCN(Cc2ccc(CNC(C)(C)C)cn2)C1. The van der Waals surface area contributed by atoms with E-state index in [4.69, 9.17) is 4.74 Å². The predicted molar refractivity (Wildman–Crippen MR) is 81.5 cm³/mol. The standard InChI is InChI=1S/C16H27N3O/c1-16(2,3)18-10-13-5-6-14(17-9-13)11-19-8-7-15(12-19)20-4/h5-6,9,15,18H,7-8,10-12H2,1-4H3. The van der Waals surface area contributed by atoms with Gasteiger partial charge in [0.1, 0.15) is 0 Å². The van der Waals surface area contributed by atoms with Crippen LogP contribution >= 0.6 is 0 Å². The smallest absolute Gasteiger partial charge is 0.0710 e. The van der Waals surface area contributed by atoms with Crippen molar-refractivity contribution < 1.29 is 4.74 Å². The Balaban J connectivity index is 1.83. The van der Waals surface area contributed by atoms with Crippen molar-refractivity contribution in [1.82, 2.24) is 15.2 Å². The average Bonchev–Trinajstić information content (AvgIpc) is 2.85. The van der Waals surface area contributed by atoms with E-state index in [-0.39, 0.29) is 5.54 Å². The van der Waals surface area contributed by atoms with Crippen LogP contribution < -0.4 is 5.32 Å². The van der Waals surface area contributed by atoms with Crippen LogP contribution in [0.2, 0.25) is 0 Å². The first-order valence-corrected chi connectivity index (χ1v) is 7.40. The third-order valence-corrected chi connectivity index (χ3v) is 3.66. The molecule has 0 bridgehead atoms. The van der Waals surface area contributed by atoms with Gasteiger partial charge in [0.2, 0.25) is 0 Å². The molecule has 1 aliphatic heterocycles. The van der Waals surface area contributed by atoms with Gasteiger partial charge in [0, 0.05) is 45.0 Å². The number of nitrogens with zero attached hydrogens (tertiary/aromatic N) is 2. The lowest BCUT2D eigenvalue weighted by atomic mass is 10.1. The molecular formula is C16H27N3O. The molecule has 1 atom stereocenters. The van der Waals surface area contributed by atoms with Crippen molar-refractivity contribution in [2.75, 3.05) is 20.2 Å². The summed E-state index contributed by atoms with van der Waals surface area (Å²) in [7, 11) is 1.80. The molecule has 112 valence electrons. The predicted octanol–water partition coefficient (Wildman–Crippen LogP) is 2.19. The van der Waals surface area contributed by atoms with Crippen LogP contribution in [0.1, 0.15) is 38.4 Å². The molecule has 0 spiro atoms. The molecular weight excluding hydrogens is 250 g/mol. The Morgan fingerprint density at radius 1 is 1.40 bits per heavy atom. The highest BCUT2D eigenvalue weighted by atomic mass is 16.5. The van der Waals surface area contributed by atoms with E-state index in [0.29, 0.717) is 6.10 Å². The van der Waals surface area contributed by atoms with Gasteiger partial charge in [-0.3, -0.25) is 9.88 Å². The number of methoxy groups -OCH3 is 1. The van der Waals surface area contributed by atoms with Gasteiger partial charge < -0.3 is 10.1 Å². The van der Waals surface area contributed by atoms with Gasteiger partial charge in [-0.05, 0) is 38.8 Å². The Labute approximate surface area is 122 Å². The third kappa shape index (κ3) is 4.85. The molecule has 1 fully saturated rings. The maximum atomic E-state index is 5.39. The van der Waals surface area contributed by atoms with Crippen LogP contribution in [0.4, 0.5) is 0 Å². The summed E-state index contributed by atoms with van der Waals surface area (Å²) < 4.78 is 5.39. The molecule has 1 aliphatic rings. The Morgan fingerprint density at radius 2 is 2.20 bits per heavy atom. The van der Waals surface area contributed by atoms with E-state index >= 15 is 0 Å². The molecule has 0 amide bonds. The fraction of sp³-hybridized carbons (Fsp3) is 0.688. The molecule has 20 heavy (non-hydrogen) atoms. The molecule has 1 saturated heterocycles. The van der Waals surface area contributed by atoms with Crippen molar-refractivity contribution >= 4 is 0 Å². The van der Waals surface area contributed by atoms with Gasteiger partial charge in [-0.15, -0.1) is 0 Å². The van der Waals surface area contributed by atoms with E-state index < -0.39 is 0 Å². The minimum Gasteiger partial charge on any atom is -0.380 e. The number of pyridine rings is 1. The van der Waals surface area contributed by atoms with E-state index in [1.54, 1.807) is 7.11 Å². The molecule has 1 aromatic rings. The van der Waals surface area contributed by atoms with Gasteiger partial charge in [0.25, 0.3) is 0 Å². The number of likely N-dealkylation sites (tertiary alicyclic amines) is 1. The third-order valence-electron chi connectivity index (χ3n) is 3.66. The summed E-state index contributed by atoms with van der Waals surface area (Å²) in [5.74, 6) is 0. The van der Waals surface area contributed by atoms with Crippen molar-refractivity contribution in [2.24, 2.45) is 0 Å². The Kier molecular flexibility index (Phi) is 5.13. The molecule has 1 N–H and O–H groups in total. The van der Waals surface area contributed by atoms with Crippen molar-refractivity contribution in [2.45, 2.75) is 51.9 Å². The lowest BCUT2D eigenvalue weighted by Crippen LogP contribution is -2.35. The highest BCUT2D eigenvalue weighted by molar-refractivity contribution is 5.14. The van der Waals surface area contributed by atoms with Gasteiger partial charge in [-0.2, -0.15) is 0 Å². The summed E-state index contributed by atoms with van der Waals surface area (Å²) in [6, 6.07) is 4.31. The molecule has 1 aromatic heterocycles. The van der Waals surface area contributed by atoms with Crippen LogP contribution in [0.25, 0.3) is 0 Å².